The molecule has 0 radical (unpaired) electrons. The molecule has 3 fully saturated rings. The molecule has 7 atom stereocenters. The fourth-order valence-electron chi connectivity index (χ4n) is 7.40. The molecule has 0 saturated heterocycles. The fourth-order valence-corrected chi connectivity index (χ4v) is 7.40. The highest BCUT2D eigenvalue weighted by atomic mass is 16.5. The lowest BCUT2D eigenvalue weighted by Gasteiger charge is -2.59. The van der Waals surface area contributed by atoms with Crippen LogP contribution in [-0.2, 0) is 23.9 Å². The van der Waals surface area contributed by atoms with E-state index < -0.39 is 40.9 Å². The summed E-state index contributed by atoms with van der Waals surface area (Å²) in [5.41, 5.74) is -1.86. The molecule has 180 valence electrons. The van der Waals surface area contributed by atoms with Gasteiger partial charge >= 0.3 is 5.97 Å². The molecule has 4 rings (SSSR count). The zero-order chi connectivity index (χ0) is 24.2. The number of fused-ring (bicyclic) bond motifs is 5. The highest BCUT2D eigenvalue weighted by molar-refractivity contribution is 6.01. The van der Waals surface area contributed by atoms with E-state index in [9.17, 15) is 29.4 Å². The number of carbonyl (C=O) groups is 4. The molecule has 2 N–H and O–H groups in total. The first kappa shape index (κ1) is 24.0. The summed E-state index contributed by atoms with van der Waals surface area (Å²) in [6.45, 7) is 4.81. The molecule has 7 unspecified atom stereocenters. The van der Waals surface area contributed by atoms with E-state index in [0.717, 1.165) is 18.4 Å². The van der Waals surface area contributed by atoms with Crippen molar-refractivity contribution in [3.8, 4) is 0 Å². The minimum absolute atomic E-state index is 0.0187. The zero-order valence-corrected chi connectivity index (χ0v) is 19.6. The Morgan fingerprint density at radius 2 is 1.91 bits per heavy atom. The molecule has 0 aromatic heterocycles. The lowest BCUT2D eigenvalue weighted by atomic mass is 9.46. The Labute approximate surface area is 194 Å². The highest BCUT2D eigenvalue weighted by Crippen LogP contribution is 2.67. The number of hydrogen-bond donors (Lipinski definition) is 2. The van der Waals surface area contributed by atoms with Gasteiger partial charge in [-0.15, -0.1) is 0 Å². The van der Waals surface area contributed by atoms with Crippen LogP contribution in [-0.4, -0.2) is 51.8 Å². The number of aliphatic hydroxyl groups is 2. The lowest BCUT2D eigenvalue weighted by Crippen LogP contribution is -2.61. The third-order valence-electron chi connectivity index (χ3n) is 9.15. The van der Waals surface area contributed by atoms with Crippen molar-refractivity contribution in [1.29, 1.82) is 0 Å². The normalized spacial score (nSPS) is 41.5. The number of carbonyl (C=O) groups excluding carboxylic acids is 4. The standard InChI is InChI=1S/C26H34O7/c1-15(27)4-7-22(31)33-14-21(30)26(32)11-9-19-18-6-5-16-12-17(28)8-10-24(16,2)23(18)20(29)13-25(19,26)3/h8,10,12,18-20,23,29,32H,4-7,9,11,13-14H2,1-3H3. The number of ether oxygens (including phenoxy) is 1. The Morgan fingerprint density at radius 1 is 1.18 bits per heavy atom. The SMILES string of the molecule is CC(=O)CCC(=O)OCC(=O)C1(O)CCC2C3CCC4=CC(=O)C=CC4(C)C3C(O)CC21C. The minimum atomic E-state index is -1.68. The Balaban J connectivity index is 1.53. The molecule has 0 amide bonds. The molecule has 3 saturated carbocycles. The van der Waals surface area contributed by atoms with Crippen LogP contribution in [0, 0.1) is 28.6 Å². The maximum atomic E-state index is 13.1. The summed E-state index contributed by atoms with van der Waals surface area (Å²) in [7, 11) is 0. The maximum absolute atomic E-state index is 13.1. The molecule has 4 aliphatic rings. The van der Waals surface area contributed by atoms with Crippen LogP contribution < -0.4 is 0 Å². The van der Waals surface area contributed by atoms with Crippen LogP contribution in [0.3, 0.4) is 0 Å². The van der Waals surface area contributed by atoms with Crippen molar-refractivity contribution in [2.75, 3.05) is 6.61 Å². The van der Waals surface area contributed by atoms with Gasteiger partial charge in [0.05, 0.1) is 12.5 Å². The average Bonchev–Trinajstić information content (AvgIpc) is 3.02. The van der Waals surface area contributed by atoms with Crippen molar-refractivity contribution in [2.24, 2.45) is 28.6 Å². The Hall–Kier alpha value is -2.12. The van der Waals surface area contributed by atoms with Gasteiger partial charge in [-0.1, -0.05) is 25.5 Å². The summed E-state index contributed by atoms with van der Waals surface area (Å²) in [5, 5.41) is 23.0. The summed E-state index contributed by atoms with van der Waals surface area (Å²) in [6, 6.07) is 0. The predicted octanol–water partition coefficient (Wildman–Crippen LogP) is 2.48. The highest BCUT2D eigenvalue weighted by Gasteiger charge is 2.68. The van der Waals surface area contributed by atoms with Crippen LogP contribution in [0.15, 0.2) is 23.8 Å². The van der Waals surface area contributed by atoms with Crippen LogP contribution in [0.25, 0.3) is 0 Å². The second-order valence-corrected chi connectivity index (χ2v) is 10.9. The molecule has 0 aliphatic heterocycles. The first-order valence-corrected chi connectivity index (χ1v) is 12.0. The van der Waals surface area contributed by atoms with Crippen molar-refractivity contribution in [1.82, 2.24) is 0 Å². The molecule has 7 nitrogen and oxygen atoms in total. The van der Waals surface area contributed by atoms with Gasteiger partial charge in [0.2, 0.25) is 5.78 Å². The monoisotopic (exact) mass is 458 g/mol. The van der Waals surface area contributed by atoms with Crippen molar-refractivity contribution in [2.45, 2.75) is 77.4 Å². The number of esters is 1. The third kappa shape index (κ3) is 3.73. The van der Waals surface area contributed by atoms with Gasteiger partial charge < -0.3 is 19.7 Å². The van der Waals surface area contributed by atoms with E-state index in [1.54, 1.807) is 12.2 Å². The molecular weight excluding hydrogens is 424 g/mol. The second-order valence-electron chi connectivity index (χ2n) is 10.9. The molecule has 0 heterocycles. The topological polar surface area (TPSA) is 118 Å². The van der Waals surface area contributed by atoms with Gasteiger partial charge in [0.25, 0.3) is 0 Å². The van der Waals surface area contributed by atoms with E-state index in [0.29, 0.717) is 6.42 Å². The number of hydrogen-bond acceptors (Lipinski definition) is 7. The van der Waals surface area contributed by atoms with Gasteiger partial charge in [-0.25, -0.2) is 0 Å². The number of rotatable bonds is 6. The maximum Gasteiger partial charge on any atom is 0.306 e. The predicted molar refractivity (Wildman–Crippen MR) is 119 cm³/mol. The van der Waals surface area contributed by atoms with Crippen molar-refractivity contribution < 1.29 is 34.1 Å². The second kappa shape index (κ2) is 8.27. The molecular formula is C26H34O7. The van der Waals surface area contributed by atoms with Gasteiger partial charge in [0, 0.05) is 23.2 Å². The fraction of sp³-hybridized carbons (Fsp3) is 0.692. The van der Waals surface area contributed by atoms with E-state index >= 15 is 0 Å². The summed E-state index contributed by atoms with van der Waals surface area (Å²) in [6.07, 6.45) is 7.19. The summed E-state index contributed by atoms with van der Waals surface area (Å²) in [4.78, 5) is 48.0. The number of allylic oxidation sites excluding steroid dienone is 4. The summed E-state index contributed by atoms with van der Waals surface area (Å²) in [5.74, 6) is -1.26. The Bertz CT molecular complexity index is 948. The van der Waals surface area contributed by atoms with Crippen LogP contribution in [0.4, 0.5) is 0 Å². The van der Waals surface area contributed by atoms with Crippen LogP contribution in [0.5, 0.6) is 0 Å². The van der Waals surface area contributed by atoms with Gasteiger partial charge in [-0.2, -0.15) is 0 Å². The summed E-state index contributed by atoms with van der Waals surface area (Å²) >= 11 is 0. The first-order valence-electron chi connectivity index (χ1n) is 12.0. The Kier molecular flexibility index (Phi) is 6.02. The minimum Gasteiger partial charge on any atom is -0.458 e. The smallest absolute Gasteiger partial charge is 0.306 e. The largest absolute Gasteiger partial charge is 0.458 e. The first-order chi connectivity index (χ1) is 15.4. The van der Waals surface area contributed by atoms with Crippen LogP contribution in [0.2, 0.25) is 0 Å². The van der Waals surface area contributed by atoms with Crippen molar-refractivity contribution >= 4 is 23.3 Å². The van der Waals surface area contributed by atoms with Crippen LogP contribution in [0.1, 0.15) is 65.7 Å². The molecule has 7 heteroatoms. The van der Waals surface area contributed by atoms with E-state index in [2.05, 4.69) is 6.92 Å². The van der Waals surface area contributed by atoms with Crippen molar-refractivity contribution in [3.63, 3.8) is 0 Å². The van der Waals surface area contributed by atoms with Crippen molar-refractivity contribution in [3.05, 3.63) is 23.8 Å². The van der Waals surface area contributed by atoms with Gasteiger partial charge in [0.1, 0.15) is 11.4 Å². The Morgan fingerprint density at radius 3 is 2.61 bits per heavy atom. The molecule has 0 bridgehead atoms. The molecule has 0 aromatic rings. The van der Waals surface area contributed by atoms with E-state index in [1.165, 1.54) is 6.92 Å². The zero-order valence-electron chi connectivity index (χ0n) is 19.6. The lowest BCUT2D eigenvalue weighted by molar-refractivity contribution is -0.181. The average molecular weight is 459 g/mol. The van der Waals surface area contributed by atoms with Crippen LogP contribution >= 0.6 is 0 Å². The third-order valence-corrected chi connectivity index (χ3v) is 9.15. The molecule has 0 aromatic carbocycles. The van der Waals surface area contributed by atoms with Gasteiger partial charge in [-0.05, 0) is 63.0 Å². The molecule has 0 spiro atoms. The molecule has 4 aliphatic carbocycles. The number of aliphatic hydroxyl groups excluding tert-OH is 1. The number of Topliss-reactive ketones (excluding diaryl/α,β-unsaturated/α-hetero) is 2. The van der Waals surface area contributed by atoms with Gasteiger partial charge in [0.15, 0.2) is 12.4 Å². The van der Waals surface area contributed by atoms with Gasteiger partial charge in [-0.3, -0.25) is 14.4 Å². The number of ketones is 3. The van der Waals surface area contributed by atoms with E-state index in [1.807, 2.05) is 13.0 Å². The molecule has 33 heavy (non-hydrogen) atoms. The quantitative estimate of drug-likeness (QED) is 0.587. The summed E-state index contributed by atoms with van der Waals surface area (Å²) < 4.78 is 5.08. The van der Waals surface area contributed by atoms with E-state index in [4.69, 9.17) is 4.74 Å². The van der Waals surface area contributed by atoms with E-state index in [-0.39, 0.29) is 55.0 Å².